The van der Waals surface area contributed by atoms with E-state index in [9.17, 15) is 22.8 Å². The lowest BCUT2D eigenvalue weighted by Gasteiger charge is -2.18. The van der Waals surface area contributed by atoms with Gasteiger partial charge in [0.1, 0.15) is 0 Å². The van der Waals surface area contributed by atoms with Crippen molar-refractivity contribution in [3.05, 3.63) is 24.3 Å². The van der Waals surface area contributed by atoms with E-state index in [1.807, 2.05) is 0 Å². The number of hydrogen-bond acceptors (Lipinski definition) is 6. The monoisotopic (exact) mass is 373 g/mol. The summed E-state index contributed by atoms with van der Waals surface area (Å²) in [5.74, 6) is -5.19. The maximum absolute atomic E-state index is 13.0. The molecule has 2 aromatic rings. The van der Waals surface area contributed by atoms with Crippen molar-refractivity contribution in [1.82, 2.24) is 15.0 Å². The Morgan fingerprint density at radius 3 is 2.69 bits per heavy atom. The van der Waals surface area contributed by atoms with Gasteiger partial charge in [-0.05, 0) is 12.1 Å². The molecular formula is C15H14F3N3O5. The number of carbonyl (C=O) groups excluding carboxylic acids is 1. The molecular weight excluding hydrogens is 359 g/mol. The molecule has 0 unspecified atom stereocenters. The molecule has 1 saturated heterocycles. The number of amides is 1. The van der Waals surface area contributed by atoms with Crippen molar-refractivity contribution in [1.29, 1.82) is 0 Å². The van der Waals surface area contributed by atoms with E-state index >= 15 is 0 Å². The zero-order valence-electron chi connectivity index (χ0n) is 13.3. The van der Waals surface area contributed by atoms with Crippen LogP contribution in [0.1, 0.15) is 12.3 Å². The molecule has 1 fully saturated rings. The quantitative estimate of drug-likeness (QED) is 0.853. The van der Waals surface area contributed by atoms with Gasteiger partial charge in [-0.3, -0.25) is 9.59 Å². The Hall–Kier alpha value is -2.85. The number of alkyl halides is 3. The molecule has 0 spiro atoms. The molecule has 1 aliphatic rings. The number of carboxylic acid groups (broad SMARTS) is 1. The van der Waals surface area contributed by atoms with E-state index in [0.29, 0.717) is 5.76 Å². The zero-order chi connectivity index (χ0) is 18.9. The Balaban J connectivity index is 1.59. The van der Waals surface area contributed by atoms with Crippen LogP contribution in [0.3, 0.4) is 0 Å². The number of likely N-dealkylation sites (tertiary alicyclic amines) is 1. The summed E-state index contributed by atoms with van der Waals surface area (Å²) in [6.07, 6.45) is -3.39. The number of hydrogen-bond donors (Lipinski definition) is 1. The molecule has 1 N–H and O–H groups in total. The number of carboxylic acids is 1. The molecule has 1 amide bonds. The third-order valence-corrected chi connectivity index (χ3v) is 4.17. The summed E-state index contributed by atoms with van der Waals surface area (Å²) in [6.45, 7) is -1.14. The number of nitrogens with zero attached hydrogens (tertiary/aromatic N) is 3. The van der Waals surface area contributed by atoms with Gasteiger partial charge in [0.2, 0.25) is 17.6 Å². The molecule has 3 heterocycles. The summed E-state index contributed by atoms with van der Waals surface area (Å²) >= 11 is 0. The van der Waals surface area contributed by atoms with E-state index in [2.05, 4.69) is 10.1 Å². The second-order valence-electron chi connectivity index (χ2n) is 5.88. The van der Waals surface area contributed by atoms with Crippen molar-refractivity contribution < 1.29 is 36.8 Å². The van der Waals surface area contributed by atoms with E-state index in [4.69, 9.17) is 14.0 Å². The number of furan rings is 1. The molecule has 0 saturated carbocycles. The Bertz CT molecular complexity index is 787. The fourth-order valence-corrected chi connectivity index (χ4v) is 2.82. The van der Waals surface area contributed by atoms with Gasteiger partial charge in [-0.1, -0.05) is 5.16 Å². The first-order chi connectivity index (χ1) is 12.3. The van der Waals surface area contributed by atoms with Crippen LogP contribution in [0.25, 0.3) is 11.6 Å². The minimum atomic E-state index is -4.68. The maximum Gasteiger partial charge on any atom is 0.394 e. The third kappa shape index (κ3) is 3.70. The maximum atomic E-state index is 13.0. The van der Waals surface area contributed by atoms with Gasteiger partial charge in [-0.15, -0.1) is 0 Å². The van der Waals surface area contributed by atoms with Gasteiger partial charge in [0.05, 0.1) is 18.1 Å². The minimum Gasteiger partial charge on any atom is -0.481 e. The summed E-state index contributed by atoms with van der Waals surface area (Å²) in [4.78, 5) is 28.1. The number of rotatable bonds is 5. The first kappa shape index (κ1) is 18.0. The molecule has 140 valence electrons. The van der Waals surface area contributed by atoms with E-state index in [1.54, 1.807) is 12.1 Å². The van der Waals surface area contributed by atoms with Crippen molar-refractivity contribution >= 4 is 11.9 Å². The molecule has 11 heteroatoms. The number of carbonyl (C=O) groups is 2. The predicted molar refractivity (Wildman–Crippen MR) is 77.6 cm³/mol. The van der Waals surface area contributed by atoms with Gasteiger partial charge in [0.15, 0.2) is 5.76 Å². The van der Waals surface area contributed by atoms with Crippen LogP contribution in [-0.2, 0) is 16.0 Å². The van der Waals surface area contributed by atoms with E-state index in [-0.39, 0.29) is 24.6 Å². The van der Waals surface area contributed by atoms with Crippen molar-refractivity contribution in [2.75, 3.05) is 13.1 Å². The molecule has 1 aliphatic heterocycles. The summed E-state index contributed by atoms with van der Waals surface area (Å²) < 4.78 is 48.9. The van der Waals surface area contributed by atoms with Gasteiger partial charge in [-0.25, -0.2) is 0 Å². The van der Waals surface area contributed by atoms with Crippen molar-refractivity contribution in [2.24, 2.45) is 11.8 Å². The van der Waals surface area contributed by atoms with Gasteiger partial charge in [0.25, 0.3) is 0 Å². The lowest BCUT2D eigenvalue weighted by molar-refractivity contribution is -0.188. The lowest BCUT2D eigenvalue weighted by Crippen LogP contribution is -2.34. The molecule has 0 bridgehead atoms. The number of halogens is 3. The second-order valence-corrected chi connectivity index (χ2v) is 5.88. The van der Waals surface area contributed by atoms with E-state index in [0.717, 1.165) is 4.90 Å². The average Bonchev–Trinajstić information content (AvgIpc) is 3.30. The molecule has 2 atom stereocenters. The molecule has 3 rings (SSSR count). The molecule has 0 aliphatic carbocycles. The standard InChI is InChI=1S/C15H14F3N3O5/c16-15(17,18)9-7-21(6-8(9)14(23)24)12(22)4-3-11-19-13(20-26-11)10-2-1-5-25-10/h1-2,5,8-9H,3-4,6-7H2,(H,23,24)/t8-,9-/m1/s1. The van der Waals surface area contributed by atoms with Gasteiger partial charge < -0.3 is 18.9 Å². The number of aromatic nitrogens is 2. The molecule has 0 radical (unpaired) electrons. The summed E-state index contributed by atoms with van der Waals surface area (Å²) in [5.41, 5.74) is 0. The van der Waals surface area contributed by atoms with Crippen LogP contribution < -0.4 is 0 Å². The smallest absolute Gasteiger partial charge is 0.394 e. The Morgan fingerprint density at radius 1 is 1.35 bits per heavy atom. The van der Waals surface area contributed by atoms with Crippen LogP contribution in [0.15, 0.2) is 27.3 Å². The summed E-state index contributed by atoms with van der Waals surface area (Å²) in [7, 11) is 0. The first-order valence-electron chi connectivity index (χ1n) is 7.69. The zero-order valence-corrected chi connectivity index (χ0v) is 13.3. The van der Waals surface area contributed by atoms with Crippen molar-refractivity contribution in [3.8, 4) is 11.6 Å². The Labute approximate surface area is 144 Å². The summed E-state index contributed by atoms with van der Waals surface area (Å²) in [5, 5.41) is 12.7. The van der Waals surface area contributed by atoms with Crippen LogP contribution in [-0.4, -0.2) is 51.3 Å². The predicted octanol–water partition coefficient (Wildman–Crippen LogP) is 1.98. The second kappa shape index (κ2) is 6.81. The Morgan fingerprint density at radius 2 is 2.12 bits per heavy atom. The third-order valence-electron chi connectivity index (χ3n) is 4.17. The highest BCUT2D eigenvalue weighted by Gasteiger charge is 2.53. The lowest BCUT2D eigenvalue weighted by atomic mass is 9.96. The van der Waals surface area contributed by atoms with Crippen LogP contribution in [0.2, 0.25) is 0 Å². The van der Waals surface area contributed by atoms with Crippen LogP contribution in [0.4, 0.5) is 13.2 Å². The summed E-state index contributed by atoms with van der Waals surface area (Å²) in [6, 6.07) is 3.26. The van der Waals surface area contributed by atoms with Gasteiger partial charge >= 0.3 is 12.1 Å². The van der Waals surface area contributed by atoms with Crippen LogP contribution in [0, 0.1) is 11.8 Å². The highest BCUT2D eigenvalue weighted by atomic mass is 19.4. The minimum absolute atomic E-state index is 0.0253. The van der Waals surface area contributed by atoms with E-state index < -0.39 is 43.0 Å². The SMILES string of the molecule is O=C(O)[C@@H]1CN(C(=O)CCc2nc(-c3ccco3)no2)C[C@H]1C(F)(F)F. The molecule has 0 aromatic carbocycles. The number of aryl methyl sites for hydroxylation is 1. The fraction of sp³-hybridized carbons (Fsp3) is 0.467. The highest BCUT2D eigenvalue weighted by molar-refractivity contribution is 5.79. The highest BCUT2D eigenvalue weighted by Crippen LogP contribution is 2.37. The molecule has 2 aromatic heterocycles. The topological polar surface area (TPSA) is 110 Å². The van der Waals surface area contributed by atoms with E-state index in [1.165, 1.54) is 6.26 Å². The van der Waals surface area contributed by atoms with Crippen LogP contribution in [0.5, 0.6) is 0 Å². The number of aliphatic carboxylic acids is 1. The van der Waals surface area contributed by atoms with Crippen molar-refractivity contribution in [3.63, 3.8) is 0 Å². The first-order valence-corrected chi connectivity index (χ1v) is 7.69. The normalized spacial score (nSPS) is 20.5. The van der Waals surface area contributed by atoms with Crippen molar-refractivity contribution in [2.45, 2.75) is 19.0 Å². The largest absolute Gasteiger partial charge is 0.481 e. The fourth-order valence-electron chi connectivity index (χ4n) is 2.82. The van der Waals surface area contributed by atoms with Gasteiger partial charge in [-0.2, -0.15) is 18.2 Å². The molecule has 8 nitrogen and oxygen atoms in total. The molecule has 26 heavy (non-hydrogen) atoms. The van der Waals surface area contributed by atoms with Gasteiger partial charge in [0, 0.05) is 25.9 Å². The Kier molecular flexibility index (Phi) is 4.70. The average molecular weight is 373 g/mol. The van der Waals surface area contributed by atoms with Crippen LogP contribution >= 0.6 is 0 Å².